The standard InChI is InChI=1S/C44H47NO12/c1-8-38(46)52-29-26-33-15-21-36(22-16-33)45(37-23-17-34(18-24-37)27-30-53-44(7,56-41(49)11-4)57-42(50)12-5)35-19-13-32(14-20-35)25-28-51-31-43(6,54-39(47)9-2)55-40(48)10-3/h8-24H,1-5,25-31H2,6-7H3. The molecule has 0 aliphatic rings. The molecular formula is C44H47NO12. The van der Waals surface area contributed by atoms with Gasteiger partial charge in [0.2, 0.25) is 0 Å². The normalized spacial score (nSPS) is 10.9. The molecule has 0 radical (unpaired) electrons. The Morgan fingerprint density at radius 2 is 0.860 bits per heavy atom. The number of carbonyl (C=O) groups is 5. The van der Waals surface area contributed by atoms with E-state index in [-0.39, 0.29) is 26.4 Å². The Kier molecular flexibility index (Phi) is 17.4. The molecule has 0 saturated heterocycles. The second kappa shape index (κ2) is 22.1. The molecule has 0 amide bonds. The van der Waals surface area contributed by atoms with Gasteiger partial charge in [-0.25, -0.2) is 24.0 Å². The van der Waals surface area contributed by atoms with Crippen LogP contribution in [0.1, 0.15) is 30.5 Å². The van der Waals surface area contributed by atoms with Gasteiger partial charge in [-0.1, -0.05) is 69.3 Å². The van der Waals surface area contributed by atoms with Crippen LogP contribution in [0.3, 0.4) is 0 Å². The molecule has 300 valence electrons. The smallest absolute Gasteiger partial charge is 0.373 e. The van der Waals surface area contributed by atoms with Crippen LogP contribution < -0.4 is 4.90 Å². The summed E-state index contributed by atoms with van der Waals surface area (Å²) in [6, 6.07) is 23.5. The topological polar surface area (TPSA) is 153 Å². The summed E-state index contributed by atoms with van der Waals surface area (Å²) in [5.74, 6) is -7.34. The molecule has 0 atom stereocenters. The van der Waals surface area contributed by atoms with Gasteiger partial charge in [-0.2, -0.15) is 0 Å². The Balaban J connectivity index is 1.78. The molecule has 3 aromatic carbocycles. The average Bonchev–Trinajstić information content (AvgIpc) is 3.20. The van der Waals surface area contributed by atoms with Gasteiger partial charge in [-0.15, -0.1) is 0 Å². The third kappa shape index (κ3) is 14.9. The van der Waals surface area contributed by atoms with Gasteiger partial charge in [0.1, 0.15) is 6.61 Å². The van der Waals surface area contributed by atoms with Gasteiger partial charge < -0.3 is 38.1 Å². The van der Waals surface area contributed by atoms with Gasteiger partial charge in [0.25, 0.3) is 5.79 Å². The van der Waals surface area contributed by atoms with Crippen molar-refractivity contribution < 1.29 is 57.1 Å². The van der Waals surface area contributed by atoms with Crippen LogP contribution in [-0.2, 0) is 76.4 Å². The van der Waals surface area contributed by atoms with Crippen LogP contribution in [0, 0.1) is 0 Å². The number of carbonyl (C=O) groups excluding carboxylic acids is 5. The summed E-state index contributed by atoms with van der Waals surface area (Å²) in [6.45, 7) is 19.9. The van der Waals surface area contributed by atoms with Crippen LogP contribution >= 0.6 is 0 Å². The largest absolute Gasteiger partial charge is 0.462 e. The first-order valence-corrected chi connectivity index (χ1v) is 17.8. The van der Waals surface area contributed by atoms with Crippen LogP contribution in [0.25, 0.3) is 0 Å². The van der Waals surface area contributed by atoms with Gasteiger partial charge in [-0.05, 0) is 65.9 Å². The molecule has 3 rings (SSSR count). The maximum atomic E-state index is 11.9. The molecular weight excluding hydrogens is 734 g/mol. The number of rotatable bonds is 24. The first kappa shape index (κ1) is 44.8. The Bertz CT molecular complexity index is 1850. The van der Waals surface area contributed by atoms with Crippen molar-refractivity contribution in [3.8, 4) is 0 Å². The average molecular weight is 782 g/mol. The summed E-state index contributed by atoms with van der Waals surface area (Å²) < 4.78 is 37.2. The lowest BCUT2D eigenvalue weighted by Gasteiger charge is -2.28. The molecule has 0 N–H and O–H groups in total. The highest BCUT2D eigenvalue weighted by molar-refractivity contribution is 5.84. The van der Waals surface area contributed by atoms with Gasteiger partial charge in [0.15, 0.2) is 0 Å². The van der Waals surface area contributed by atoms with Crippen LogP contribution in [0.2, 0.25) is 0 Å². The minimum Gasteiger partial charge on any atom is -0.462 e. The van der Waals surface area contributed by atoms with E-state index in [1.54, 1.807) is 0 Å². The van der Waals surface area contributed by atoms with E-state index in [2.05, 4.69) is 37.8 Å². The minimum absolute atomic E-state index is 0.0440. The van der Waals surface area contributed by atoms with Gasteiger partial charge in [0.05, 0.1) is 19.8 Å². The SMILES string of the molecule is C=CC(=O)OCCc1ccc(N(c2ccc(CCOCC(C)(OC(=O)C=C)OC(=O)C=C)cc2)c2ccc(CCOC(C)(OC(=O)C=C)OC(=O)C=C)cc2)cc1. The third-order valence-corrected chi connectivity index (χ3v) is 7.91. The fraction of sp³-hybridized carbons (Fsp3) is 0.250. The second-order valence-corrected chi connectivity index (χ2v) is 12.4. The zero-order valence-electron chi connectivity index (χ0n) is 32.1. The fourth-order valence-corrected chi connectivity index (χ4v) is 5.13. The molecule has 0 aromatic heterocycles. The summed E-state index contributed by atoms with van der Waals surface area (Å²) in [6.07, 6.45) is 6.33. The number of ether oxygens (including phenoxy) is 7. The summed E-state index contributed by atoms with van der Waals surface area (Å²) in [5, 5.41) is 0. The monoisotopic (exact) mass is 781 g/mol. The Hall–Kier alpha value is -6.57. The molecule has 0 bridgehead atoms. The molecule has 0 heterocycles. The number of hydrogen-bond donors (Lipinski definition) is 0. The van der Waals surface area contributed by atoms with Gasteiger partial charge in [-0.3, -0.25) is 0 Å². The fourth-order valence-electron chi connectivity index (χ4n) is 5.13. The quantitative estimate of drug-likeness (QED) is 0.0306. The molecule has 57 heavy (non-hydrogen) atoms. The molecule has 3 aromatic rings. The third-order valence-electron chi connectivity index (χ3n) is 7.91. The van der Waals surface area contributed by atoms with Crippen molar-refractivity contribution in [1.29, 1.82) is 0 Å². The summed E-state index contributed by atoms with van der Waals surface area (Å²) in [5.41, 5.74) is 5.38. The molecule has 13 nitrogen and oxygen atoms in total. The number of esters is 5. The van der Waals surface area contributed by atoms with Crippen LogP contribution in [0.4, 0.5) is 17.1 Å². The number of hydrogen-bond acceptors (Lipinski definition) is 13. The van der Waals surface area contributed by atoms with Crippen molar-refractivity contribution in [2.45, 2.75) is 44.9 Å². The van der Waals surface area contributed by atoms with Crippen LogP contribution in [0.15, 0.2) is 136 Å². The summed E-state index contributed by atoms with van der Waals surface area (Å²) in [7, 11) is 0. The highest BCUT2D eigenvalue weighted by Crippen LogP contribution is 2.35. The van der Waals surface area contributed by atoms with Crippen molar-refractivity contribution in [2.24, 2.45) is 0 Å². The minimum atomic E-state index is -1.98. The van der Waals surface area contributed by atoms with Crippen molar-refractivity contribution in [3.63, 3.8) is 0 Å². The van der Waals surface area contributed by atoms with E-state index in [9.17, 15) is 24.0 Å². The number of benzene rings is 3. The molecule has 0 spiro atoms. The van der Waals surface area contributed by atoms with E-state index in [0.29, 0.717) is 19.3 Å². The molecule has 0 aliphatic heterocycles. The Morgan fingerprint density at radius 1 is 0.509 bits per heavy atom. The lowest BCUT2D eigenvalue weighted by molar-refractivity contribution is -0.331. The Labute approximate surface area is 332 Å². The van der Waals surface area contributed by atoms with E-state index in [0.717, 1.165) is 64.1 Å². The van der Waals surface area contributed by atoms with Crippen molar-refractivity contribution in [2.75, 3.05) is 31.3 Å². The van der Waals surface area contributed by atoms with E-state index in [4.69, 9.17) is 33.2 Å². The number of nitrogens with zero attached hydrogens (tertiary/aromatic N) is 1. The molecule has 0 unspecified atom stereocenters. The molecule has 0 aliphatic carbocycles. The van der Waals surface area contributed by atoms with Crippen molar-refractivity contribution in [3.05, 3.63) is 153 Å². The Morgan fingerprint density at radius 3 is 1.25 bits per heavy atom. The molecule has 0 fully saturated rings. The van der Waals surface area contributed by atoms with Gasteiger partial charge >= 0.3 is 35.8 Å². The lowest BCUT2D eigenvalue weighted by atomic mass is 10.1. The summed E-state index contributed by atoms with van der Waals surface area (Å²) in [4.78, 5) is 60.9. The summed E-state index contributed by atoms with van der Waals surface area (Å²) >= 11 is 0. The maximum absolute atomic E-state index is 11.9. The van der Waals surface area contributed by atoms with E-state index >= 15 is 0 Å². The first-order valence-electron chi connectivity index (χ1n) is 17.8. The zero-order valence-corrected chi connectivity index (χ0v) is 32.1. The second-order valence-electron chi connectivity index (χ2n) is 12.4. The van der Waals surface area contributed by atoms with E-state index in [1.165, 1.54) is 13.8 Å². The predicted molar refractivity (Wildman–Crippen MR) is 212 cm³/mol. The molecule has 13 heteroatoms. The van der Waals surface area contributed by atoms with Crippen molar-refractivity contribution in [1.82, 2.24) is 0 Å². The van der Waals surface area contributed by atoms with Crippen LogP contribution in [0.5, 0.6) is 0 Å². The predicted octanol–water partition coefficient (Wildman–Crippen LogP) is 6.85. The van der Waals surface area contributed by atoms with Gasteiger partial charge in [0, 0.05) is 67.7 Å². The highest BCUT2D eigenvalue weighted by Gasteiger charge is 2.34. The van der Waals surface area contributed by atoms with Crippen molar-refractivity contribution >= 4 is 46.9 Å². The zero-order chi connectivity index (χ0) is 41.8. The lowest BCUT2D eigenvalue weighted by Crippen LogP contribution is -2.41. The van der Waals surface area contributed by atoms with E-state index < -0.39 is 41.6 Å². The number of anilines is 3. The maximum Gasteiger partial charge on any atom is 0.373 e. The highest BCUT2D eigenvalue weighted by atomic mass is 16.9. The molecule has 0 saturated carbocycles. The van der Waals surface area contributed by atoms with Crippen LogP contribution in [-0.4, -0.2) is 68.0 Å². The first-order chi connectivity index (χ1) is 27.2. The van der Waals surface area contributed by atoms with E-state index in [1.807, 2.05) is 72.8 Å².